The van der Waals surface area contributed by atoms with Crippen LogP contribution < -0.4 is 0 Å². The Morgan fingerprint density at radius 2 is 1.29 bits per heavy atom. The van der Waals surface area contributed by atoms with Crippen LogP contribution >= 0.6 is 17.7 Å². The molecular formula is C4HF8HgI. The fourth-order valence-electron chi connectivity index (χ4n) is 0.465. The van der Waals surface area contributed by atoms with Gasteiger partial charge in [-0.05, 0) is 0 Å². The van der Waals surface area contributed by atoms with Gasteiger partial charge in [-0.3, -0.25) is 0 Å². The number of alkyl halides is 8. The van der Waals surface area contributed by atoms with E-state index in [0.29, 0.717) is 0 Å². The Bertz CT molecular complexity index is 204. The van der Waals surface area contributed by atoms with Gasteiger partial charge in [0.1, 0.15) is 0 Å². The van der Waals surface area contributed by atoms with Gasteiger partial charge >= 0.3 is 94.7 Å². The first-order valence-electron chi connectivity index (χ1n) is 2.98. The van der Waals surface area contributed by atoms with Crippen molar-refractivity contribution in [3.8, 4) is 0 Å². The quantitative estimate of drug-likeness (QED) is 0.298. The molecule has 0 aliphatic rings. The summed E-state index contributed by atoms with van der Waals surface area (Å²) < 4.78 is 91.3. The average molecular weight is 529 g/mol. The molecule has 0 aromatic carbocycles. The van der Waals surface area contributed by atoms with Gasteiger partial charge < -0.3 is 0 Å². The third-order valence-corrected chi connectivity index (χ3v) is 12.8. The minimum atomic E-state index is -5.98. The van der Waals surface area contributed by atoms with E-state index in [1.54, 1.807) is 0 Å². The molecule has 0 heterocycles. The van der Waals surface area contributed by atoms with Crippen LogP contribution in [0, 0.1) is 0 Å². The summed E-state index contributed by atoms with van der Waals surface area (Å²) in [6.07, 6.45) is -4.81. The molecule has 0 aliphatic heterocycles. The first-order chi connectivity index (χ1) is 6.00. The Morgan fingerprint density at radius 1 is 0.929 bits per heavy atom. The van der Waals surface area contributed by atoms with Crippen molar-refractivity contribution in [3.63, 3.8) is 0 Å². The van der Waals surface area contributed by atoms with Gasteiger partial charge in [0.05, 0.1) is 0 Å². The van der Waals surface area contributed by atoms with Gasteiger partial charge in [0.15, 0.2) is 0 Å². The van der Waals surface area contributed by atoms with Crippen LogP contribution in [0.3, 0.4) is 0 Å². The summed E-state index contributed by atoms with van der Waals surface area (Å²) in [6, 6.07) is 0. The van der Waals surface area contributed by atoms with Crippen LogP contribution in [0.2, 0.25) is 0 Å². The van der Waals surface area contributed by atoms with E-state index >= 15 is 0 Å². The zero-order chi connectivity index (χ0) is 11.8. The molecule has 0 N–H and O–H groups in total. The van der Waals surface area contributed by atoms with Gasteiger partial charge in [0.25, 0.3) is 0 Å². The molecule has 0 nitrogen and oxygen atoms in total. The Hall–Kier alpha value is 1.11. The molecule has 0 unspecified atom stereocenters. The molecule has 0 bridgehead atoms. The van der Waals surface area contributed by atoms with E-state index in [0.717, 1.165) is 17.7 Å². The van der Waals surface area contributed by atoms with Crippen molar-refractivity contribution in [2.24, 2.45) is 0 Å². The summed E-state index contributed by atoms with van der Waals surface area (Å²) in [7, 11) is 0. The van der Waals surface area contributed by atoms with Crippen molar-refractivity contribution < 1.29 is 55.4 Å². The van der Waals surface area contributed by atoms with E-state index < -0.39 is 41.9 Å². The molecule has 0 aliphatic carbocycles. The second-order valence-corrected chi connectivity index (χ2v) is 13.5. The van der Waals surface area contributed by atoms with Crippen molar-refractivity contribution in [2.45, 2.75) is 21.7 Å². The normalized spacial score (nSPS) is 14.4. The molecule has 0 aromatic rings. The predicted molar refractivity (Wildman–Crippen MR) is 34.9 cm³/mol. The molecule has 0 amide bonds. The molecule has 10 heteroatoms. The molecule has 14 heavy (non-hydrogen) atoms. The molecule has 0 aromatic heterocycles. The van der Waals surface area contributed by atoms with Crippen molar-refractivity contribution in [2.75, 3.05) is 0 Å². The summed E-state index contributed by atoms with van der Waals surface area (Å²) in [5.74, 6) is -11.9. The van der Waals surface area contributed by atoms with Gasteiger partial charge in [-0.2, -0.15) is 0 Å². The second kappa shape index (κ2) is 4.54. The van der Waals surface area contributed by atoms with Crippen LogP contribution in [-0.2, 0) is 20.2 Å². The monoisotopic (exact) mass is 530 g/mol. The summed E-state index contributed by atoms with van der Waals surface area (Å²) in [4.78, 5) is 0. The maximum atomic E-state index is 12.3. The SMILES string of the molecule is FC(F)C(F)(F)C(F)(F)[C](F)(F)[Hg][I]. The van der Waals surface area contributed by atoms with Crippen molar-refractivity contribution in [3.05, 3.63) is 0 Å². The molecule has 0 rings (SSSR count). The van der Waals surface area contributed by atoms with Crippen LogP contribution in [0.5, 0.6) is 0 Å². The van der Waals surface area contributed by atoms with Gasteiger partial charge in [0.2, 0.25) is 0 Å². The molecule has 0 saturated heterocycles. The molecule has 0 radical (unpaired) electrons. The molecule has 0 saturated carbocycles. The van der Waals surface area contributed by atoms with E-state index in [4.69, 9.17) is 0 Å². The standard InChI is InChI=1S/C4HF8.Hg.HI/c5-1(6)3(9,10)4(11,12)2(7)8;;/h1H;;1H/q;+1;/p-1. The molecule has 82 valence electrons. The van der Waals surface area contributed by atoms with Crippen molar-refractivity contribution in [1.29, 1.82) is 0 Å². The first kappa shape index (κ1) is 15.1. The van der Waals surface area contributed by atoms with Crippen LogP contribution in [0.15, 0.2) is 0 Å². The van der Waals surface area contributed by atoms with Gasteiger partial charge in [-0.25, -0.2) is 0 Å². The number of hydrogen-bond donors (Lipinski definition) is 0. The van der Waals surface area contributed by atoms with E-state index in [1.165, 1.54) is 0 Å². The van der Waals surface area contributed by atoms with Gasteiger partial charge in [-0.15, -0.1) is 0 Å². The third-order valence-electron chi connectivity index (χ3n) is 1.32. The number of hydrogen-bond acceptors (Lipinski definition) is 0. The molecule has 0 spiro atoms. The zero-order valence-electron chi connectivity index (χ0n) is 6.19. The molecule has 0 atom stereocenters. The summed E-state index contributed by atoms with van der Waals surface area (Å²) >= 11 is -2.70. The van der Waals surface area contributed by atoms with Crippen molar-refractivity contribution in [1.82, 2.24) is 0 Å². The fraction of sp³-hybridized carbons (Fsp3) is 1.00. The van der Waals surface area contributed by atoms with Crippen LogP contribution in [0.1, 0.15) is 0 Å². The van der Waals surface area contributed by atoms with Crippen LogP contribution in [0.25, 0.3) is 0 Å². The minimum absolute atomic E-state index is 0.933. The van der Waals surface area contributed by atoms with E-state index in [1.807, 2.05) is 0 Å². The van der Waals surface area contributed by atoms with Crippen LogP contribution in [0.4, 0.5) is 35.1 Å². The topological polar surface area (TPSA) is 0 Å². The Labute approximate surface area is 94.2 Å². The predicted octanol–water partition coefficient (Wildman–Crippen LogP) is 3.55. The number of rotatable bonds is 4. The van der Waals surface area contributed by atoms with E-state index in [9.17, 15) is 35.1 Å². The third kappa shape index (κ3) is 2.43. The number of halogens is 9. The Morgan fingerprint density at radius 3 is 1.50 bits per heavy atom. The summed E-state index contributed by atoms with van der Waals surface area (Å²) in [5.41, 5.74) is 0. The van der Waals surface area contributed by atoms with E-state index in [-0.39, 0.29) is 0 Å². The zero-order valence-corrected chi connectivity index (χ0v) is 13.8. The van der Waals surface area contributed by atoms with E-state index in [2.05, 4.69) is 0 Å². The molecule has 0 fully saturated rings. The average Bonchev–Trinajstić information content (AvgIpc) is 2.03. The second-order valence-electron chi connectivity index (χ2n) is 2.34. The van der Waals surface area contributed by atoms with Gasteiger partial charge in [0, 0.05) is 0 Å². The summed E-state index contributed by atoms with van der Waals surface area (Å²) in [6.45, 7) is 0. The van der Waals surface area contributed by atoms with Crippen molar-refractivity contribution >= 4 is 17.7 Å². The molecular weight excluding hydrogens is 528 g/mol. The Kier molecular flexibility index (Phi) is 4.90. The fourth-order valence-corrected chi connectivity index (χ4v) is 6.24. The maximum absolute atomic E-state index is 12.3. The van der Waals surface area contributed by atoms with Gasteiger partial charge in [-0.1, -0.05) is 0 Å². The van der Waals surface area contributed by atoms with Crippen LogP contribution in [-0.4, -0.2) is 21.7 Å². The Balaban J connectivity index is 5.14. The first-order valence-corrected chi connectivity index (χ1v) is 21.2. The summed E-state index contributed by atoms with van der Waals surface area (Å²) in [5, 5.41) is 0.